The largest absolute Gasteiger partial charge is 0.361 e. The molecule has 1 aliphatic heterocycles. The zero-order valence-corrected chi connectivity index (χ0v) is 13.6. The number of nitrogens with zero attached hydrogens (tertiary/aromatic N) is 2. The van der Waals surface area contributed by atoms with Crippen LogP contribution in [0.25, 0.3) is 0 Å². The van der Waals surface area contributed by atoms with Crippen LogP contribution in [0.2, 0.25) is 0 Å². The van der Waals surface area contributed by atoms with E-state index in [0.29, 0.717) is 6.54 Å². The topological polar surface area (TPSA) is 64.8 Å². The predicted octanol–water partition coefficient (Wildman–Crippen LogP) is 2.23. The molecule has 0 aromatic carbocycles. The highest BCUT2D eigenvalue weighted by atomic mass is 16.1. The van der Waals surface area contributed by atoms with E-state index in [0.717, 1.165) is 49.4 Å². The fourth-order valence-electron chi connectivity index (χ4n) is 3.19. The first-order chi connectivity index (χ1) is 10.6. The average molecular weight is 300 g/mol. The SMILES string of the molecule is CCCc1nc2c(c(=O)[nH]1)CN(Cc1[nH]c(C)cc1C)CC2. The van der Waals surface area contributed by atoms with Crippen molar-refractivity contribution in [3.63, 3.8) is 0 Å². The van der Waals surface area contributed by atoms with Crippen LogP contribution in [0.4, 0.5) is 0 Å². The summed E-state index contributed by atoms with van der Waals surface area (Å²) in [7, 11) is 0. The van der Waals surface area contributed by atoms with Crippen LogP contribution in [-0.4, -0.2) is 26.4 Å². The van der Waals surface area contributed by atoms with Crippen molar-refractivity contribution in [2.24, 2.45) is 0 Å². The van der Waals surface area contributed by atoms with Crippen molar-refractivity contribution in [2.75, 3.05) is 6.54 Å². The molecule has 0 saturated carbocycles. The molecular formula is C17H24N4O. The molecule has 0 atom stereocenters. The summed E-state index contributed by atoms with van der Waals surface area (Å²) in [4.78, 5) is 25.6. The molecule has 0 saturated heterocycles. The van der Waals surface area contributed by atoms with Crippen LogP contribution in [0, 0.1) is 13.8 Å². The van der Waals surface area contributed by atoms with Gasteiger partial charge in [-0.3, -0.25) is 9.69 Å². The summed E-state index contributed by atoms with van der Waals surface area (Å²) in [6.07, 6.45) is 2.70. The van der Waals surface area contributed by atoms with E-state index >= 15 is 0 Å². The van der Waals surface area contributed by atoms with Gasteiger partial charge >= 0.3 is 0 Å². The zero-order chi connectivity index (χ0) is 15.7. The molecule has 0 aliphatic carbocycles. The lowest BCUT2D eigenvalue weighted by molar-refractivity contribution is 0.238. The summed E-state index contributed by atoms with van der Waals surface area (Å²) < 4.78 is 0. The van der Waals surface area contributed by atoms with Crippen molar-refractivity contribution in [3.8, 4) is 0 Å². The van der Waals surface area contributed by atoms with Crippen LogP contribution >= 0.6 is 0 Å². The van der Waals surface area contributed by atoms with Gasteiger partial charge in [-0.2, -0.15) is 0 Å². The molecule has 3 rings (SSSR count). The first-order valence-corrected chi connectivity index (χ1v) is 8.05. The Morgan fingerprint density at radius 2 is 2.14 bits per heavy atom. The van der Waals surface area contributed by atoms with Crippen molar-refractivity contribution in [1.82, 2.24) is 19.9 Å². The Kier molecular flexibility index (Phi) is 4.16. The molecule has 5 heteroatoms. The molecule has 118 valence electrons. The number of hydrogen-bond acceptors (Lipinski definition) is 3. The monoisotopic (exact) mass is 300 g/mol. The van der Waals surface area contributed by atoms with Gasteiger partial charge in [-0.1, -0.05) is 6.92 Å². The maximum absolute atomic E-state index is 12.3. The fraction of sp³-hybridized carbons (Fsp3) is 0.529. The Labute approximate surface area is 130 Å². The number of aromatic nitrogens is 3. The average Bonchev–Trinajstić information content (AvgIpc) is 2.78. The molecule has 0 bridgehead atoms. The van der Waals surface area contributed by atoms with E-state index < -0.39 is 0 Å². The van der Waals surface area contributed by atoms with E-state index in [4.69, 9.17) is 0 Å². The zero-order valence-electron chi connectivity index (χ0n) is 13.6. The number of H-pyrrole nitrogens is 2. The number of aryl methyl sites for hydroxylation is 3. The van der Waals surface area contributed by atoms with Crippen LogP contribution < -0.4 is 5.56 Å². The van der Waals surface area contributed by atoms with E-state index in [2.05, 4.69) is 46.7 Å². The number of nitrogens with one attached hydrogen (secondary N) is 2. The third-order valence-electron chi connectivity index (χ3n) is 4.32. The molecule has 2 N–H and O–H groups in total. The molecule has 0 radical (unpaired) electrons. The van der Waals surface area contributed by atoms with Gasteiger partial charge in [-0.25, -0.2) is 4.98 Å². The van der Waals surface area contributed by atoms with Crippen LogP contribution in [0.1, 0.15) is 47.4 Å². The van der Waals surface area contributed by atoms with Crippen LogP contribution in [0.3, 0.4) is 0 Å². The summed E-state index contributed by atoms with van der Waals surface area (Å²) in [5.74, 6) is 0.829. The van der Waals surface area contributed by atoms with Gasteiger partial charge in [-0.15, -0.1) is 0 Å². The van der Waals surface area contributed by atoms with E-state index in [1.807, 2.05) is 0 Å². The maximum atomic E-state index is 12.3. The van der Waals surface area contributed by atoms with Crippen LogP contribution in [0.15, 0.2) is 10.9 Å². The van der Waals surface area contributed by atoms with Crippen LogP contribution in [-0.2, 0) is 25.9 Å². The summed E-state index contributed by atoms with van der Waals surface area (Å²) >= 11 is 0. The highest BCUT2D eigenvalue weighted by Crippen LogP contribution is 2.18. The number of rotatable bonds is 4. The molecular weight excluding hydrogens is 276 g/mol. The van der Waals surface area contributed by atoms with Crippen molar-refractivity contribution >= 4 is 0 Å². The molecule has 1 aliphatic rings. The van der Waals surface area contributed by atoms with Gasteiger partial charge in [0.05, 0.1) is 11.3 Å². The summed E-state index contributed by atoms with van der Waals surface area (Å²) in [5.41, 5.74) is 5.59. The predicted molar refractivity (Wildman–Crippen MR) is 86.9 cm³/mol. The minimum absolute atomic E-state index is 0.0394. The second-order valence-corrected chi connectivity index (χ2v) is 6.26. The highest BCUT2D eigenvalue weighted by molar-refractivity contribution is 5.25. The molecule has 5 nitrogen and oxygen atoms in total. The first-order valence-electron chi connectivity index (χ1n) is 8.05. The summed E-state index contributed by atoms with van der Waals surface area (Å²) in [6, 6.07) is 2.17. The van der Waals surface area contributed by atoms with Crippen molar-refractivity contribution in [2.45, 2.75) is 53.1 Å². The number of hydrogen-bond donors (Lipinski definition) is 2. The van der Waals surface area contributed by atoms with Gasteiger partial charge in [0.15, 0.2) is 0 Å². The summed E-state index contributed by atoms with van der Waals surface area (Å²) in [5, 5.41) is 0. The van der Waals surface area contributed by atoms with E-state index in [-0.39, 0.29) is 5.56 Å². The van der Waals surface area contributed by atoms with Gasteiger partial charge in [0, 0.05) is 43.9 Å². The Morgan fingerprint density at radius 1 is 1.32 bits per heavy atom. The van der Waals surface area contributed by atoms with Gasteiger partial charge < -0.3 is 9.97 Å². The Hall–Kier alpha value is -1.88. The van der Waals surface area contributed by atoms with Crippen molar-refractivity contribution < 1.29 is 0 Å². The Morgan fingerprint density at radius 3 is 2.82 bits per heavy atom. The molecule has 2 aromatic heterocycles. The minimum Gasteiger partial charge on any atom is -0.361 e. The quantitative estimate of drug-likeness (QED) is 0.910. The lowest BCUT2D eigenvalue weighted by Gasteiger charge is -2.27. The fourth-order valence-corrected chi connectivity index (χ4v) is 3.19. The molecule has 0 spiro atoms. The normalized spacial score (nSPS) is 15.0. The maximum Gasteiger partial charge on any atom is 0.255 e. The van der Waals surface area contributed by atoms with E-state index in [1.54, 1.807) is 0 Å². The van der Waals surface area contributed by atoms with E-state index in [9.17, 15) is 4.79 Å². The summed E-state index contributed by atoms with van der Waals surface area (Å²) in [6.45, 7) is 8.79. The Balaban J connectivity index is 1.79. The van der Waals surface area contributed by atoms with Crippen molar-refractivity contribution in [3.05, 3.63) is 50.5 Å². The van der Waals surface area contributed by atoms with Gasteiger partial charge in [0.25, 0.3) is 5.56 Å². The minimum atomic E-state index is 0.0394. The second-order valence-electron chi connectivity index (χ2n) is 6.26. The van der Waals surface area contributed by atoms with Gasteiger partial charge in [-0.05, 0) is 31.9 Å². The molecule has 0 amide bonds. The molecule has 0 fully saturated rings. The molecule has 2 aromatic rings. The molecule has 3 heterocycles. The number of fused-ring (bicyclic) bond motifs is 1. The molecule has 22 heavy (non-hydrogen) atoms. The smallest absolute Gasteiger partial charge is 0.255 e. The standard InChI is InChI=1S/C17H24N4O/c1-4-5-16-19-14-6-7-21(9-13(14)17(22)20-16)10-15-11(2)8-12(3)18-15/h8,18H,4-7,9-10H2,1-3H3,(H,19,20,22). The Bertz CT molecular complexity index is 729. The third-order valence-corrected chi connectivity index (χ3v) is 4.32. The van der Waals surface area contributed by atoms with E-state index in [1.165, 1.54) is 17.0 Å². The van der Waals surface area contributed by atoms with Crippen molar-refractivity contribution in [1.29, 1.82) is 0 Å². The highest BCUT2D eigenvalue weighted by Gasteiger charge is 2.21. The first kappa shape index (κ1) is 15.0. The number of aromatic amines is 2. The second kappa shape index (κ2) is 6.08. The third kappa shape index (κ3) is 2.99. The lowest BCUT2D eigenvalue weighted by Crippen LogP contribution is -2.36. The van der Waals surface area contributed by atoms with Gasteiger partial charge in [0.2, 0.25) is 0 Å². The lowest BCUT2D eigenvalue weighted by atomic mass is 10.1. The van der Waals surface area contributed by atoms with Gasteiger partial charge in [0.1, 0.15) is 5.82 Å². The molecule has 0 unspecified atom stereocenters. The van der Waals surface area contributed by atoms with Crippen LogP contribution in [0.5, 0.6) is 0 Å².